The van der Waals surface area contributed by atoms with Crippen LogP contribution >= 0.6 is 11.8 Å². The Labute approximate surface area is 109 Å². The maximum absolute atomic E-state index is 11.6. The Hall–Kier alpha value is -0.830. The summed E-state index contributed by atoms with van der Waals surface area (Å²) in [7, 11) is 0. The van der Waals surface area contributed by atoms with E-state index in [0.717, 1.165) is 5.75 Å². The molecule has 0 unspecified atom stereocenters. The molecule has 104 valence electrons. The second-order valence-corrected chi connectivity index (χ2v) is 5.20. The lowest BCUT2D eigenvalue weighted by atomic mass is 10.0. The molecule has 0 aromatic rings. The lowest BCUT2D eigenvalue weighted by Gasteiger charge is -2.29. The van der Waals surface area contributed by atoms with Gasteiger partial charge >= 0.3 is 0 Å². The molecule has 0 atom stereocenters. The van der Waals surface area contributed by atoms with Crippen LogP contribution in [0.5, 0.6) is 0 Å². The third kappa shape index (κ3) is 3.84. The van der Waals surface area contributed by atoms with E-state index >= 15 is 0 Å². The third-order valence-corrected chi connectivity index (χ3v) is 3.66. The van der Waals surface area contributed by atoms with Crippen molar-refractivity contribution in [3.8, 4) is 0 Å². The molecule has 1 rings (SSSR count). The Morgan fingerprint density at radius 1 is 1.33 bits per heavy atom. The molecule has 0 aliphatic carbocycles. The van der Waals surface area contributed by atoms with Crippen molar-refractivity contribution < 1.29 is 24.9 Å². The van der Waals surface area contributed by atoms with Crippen molar-refractivity contribution in [3.05, 3.63) is 0 Å². The van der Waals surface area contributed by atoms with E-state index in [9.17, 15) is 9.59 Å². The highest BCUT2D eigenvalue weighted by atomic mass is 32.2. The van der Waals surface area contributed by atoms with Gasteiger partial charge in [0.2, 0.25) is 5.91 Å². The summed E-state index contributed by atoms with van der Waals surface area (Å²) in [5.74, 6) is 0.311. The standard InChI is InChI=1S/C10H18N2O5S/c13-5-10(6-14,7-15)11-8(16)1-2-12-3-4-18-9(12)17/h13-15H,1-7H2,(H,11,16). The lowest BCUT2D eigenvalue weighted by molar-refractivity contribution is -0.125. The average molecular weight is 278 g/mol. The van der Waals surface area contributed by atoms with Gasteiger partial charge in [0.25, 0.3) is 5.24 Å². The van der Waals surface area contributed by atoms with Crippen molar-refractivity contribution in [1.29, 1.82) is 0 Å². The normalized spacial score (nSPS) is 16.2. The Bertz CT molecular complexity index is 300. The molecule has 1 aliphatic heterocycles. The number of aliphatic hydroxyl groups excluding tert-OH is 3. The summed E-state index contributed by atoms with van der Waals surface area (Å²) in [4.78, 5) is 24.5. The van der Waals surface area contributed by atoms with E-state index in [-0.39, 0.29) is 11.7 Å². The van der Waals surface area contributed by atoms with Gasteiger partial charge in [-0.25, -0.2) is 0 Å². The fraction of sp³-hybridized carbons (Fsp3) is 0.800. The van der Waals surface area contributed by atoms with E-state index in [1.807, 2.05) is 0 Å². The highest BCUT2D eigenvalue weighted by molar-refractivity contribution is 8.13. The largest absolute Gasteiger partial charge is 0.394 e. The lowest BCUT2D eigenvalue weighted by Crippen LogP contribution is -2.57. The number of carbonyl (C=O) groups is 2. The number of rotatable bonds is 7. The maximum atomic E-state index is 11.6. The number of carbonyl (C=O) groups excluding carboxylic acids is 2. The van der Waals surface area contributed by atoms with Crippen LogP contribution < -0.4 is 5.32 Å². The van der Waals surface area contributed by atoms with Crippen LogP contribution in [-0.4, -0.2) is 75.6 Å². The molecule has 18 heavy (non-hydrogen) atoms. The van der Waals surface area contributed by atoms with Crippen LogP contribution in [0.3, 0.4) is 0 Å². The number of nitrogens with one attached hydrogen (secondary N) is 1. The molecule has 4 N–H and O–H groups in total. The summed E-state index contributed by atoms with van der Waals surface area (Å²) in [5.41, 5.74) is -1.40. The summed E-state index contributed by atoms with van der Waals surface area (Å²) in [5, 5.41) is 29.5. The molecule has 1 aliphatic rings. The van der Waals surface area contributed by atoms with E-state index < -0.39 is 31.3 Å². The van der Waals surface area contributed by atoms with E-state index in [1.54, 1.807) is 4.90 Å². The van der Waals surface area contributed by atoms with Gasteiger partial charge < -0.3 is 25.5 Å². The molecule has 7 nitrogen and oxygen atoms in total. The topological polar surface area (TPSA) is 110 Å². The number of hydrogen-bond acceptors (Lipinski definition) is 6. The van der Waals surface area contributed by atoms with Gasteiger partial charge in [0.05, 0.1) is 19.8 Å². The average Bonchev–Trinajstić information content (AvgIpc) is 2.79. The number of nitrogens with zero attached hydrogens (tertiary/aromatic N) is 1. The van der Waals surface area contributed by atoms with Gasteiger partial charge in [0.1, 0.15) is 5.54 Å². The molecule has 2 amide bonds. The van der Waals surface area contributed by atoms with Gasteiger partial charge in [-0.05, 0) is 0 Å². The van der Waals surface area contributed by atoms with Gasteiger partial charge in [-0.3, -0.25) is 9.59 Å². The first-order valence-electron chi connectivity index (χ1n) is 5.62. The first kappa shape index (κ1) is 15.2. The molecule has 1 saturated heterocycles. The Kier molecular flexibility index (Phi) is 5.86. The number of amides is 2. The number of hydrogen-bond donors (Lipinski definition) is 4. The molecule has 0 aromatic carbocycles. The molecular weight excluding hydrogens is 260 g/mol. The van der Waals surface area contributed by atoms with E-state index in [2.05, 4.69) is 5.32 Å². The fourth-order valence-electron chi connectivity index (χ4n) is 1.49. The predicted octanol–water partition coefficient (Wildman–Crippen LogP) is -1.62. The van der Waals surface area contributed by atoms with Crippen molar-refractivity contribution in [1.82, 2.24) is 10.2 Å². The second kappa shape index (κ2) is 6.93. The first-order chi connectivity index (χ1) is 8.56. The van der Waals surface area contributed by atoms with Crippen LogP contribution in [0.25, 0.3) is 0 Å². The van der Waals surface area contributed by atoms with Gasteiger partial charge in [0.15, 0.2) is 0 Å². The molecule has 8 heteroatoms. The molecule has 0 bridgehead atoms. The van der Waals surface area contributed by atoms with Gasteiger partial charge in [0, 0.05) is 25.3 Å². The molecular formula is C10H18N2O5S. The van der Waals surface area contributed by atoms with Crippen LogP contribution in [-0.2, 0) is 4.79 Å². The fourth-order valence-corrected chi connectivity index (χ4v) is 2.34. The highest BCUT2D eigenvalue weighted by Crippen LogP contribution is 2.17. The molecule has 0 saturated carbocycles. The summed E-state index contributed by atoms with van der Waals surface area (Å²) < 4.78 is 0. The second-order valence-electron chi connectivity index (χ2n) is 4.15. The molecule has 0 radical (unpaired) electrons. The smallest absolute Gasteiger partial charge is 0.281 e. The predicted molar refractivity (Wildman–Crippen MR) is 66.2 cm³/mol. The SMILES string of the molecule is O=C(CCN1CCSC1=O)NC(CO)(CO)CO. The molecule has 0 aromatic heterocycles. The third-order valence-electron chi connectivity index (χ3n) is 2.77. The first-order valence-corrected chi connectivity index (χ1v) is 6.61. The van der Waals surface area contributed by atoms with Gasteiger partial charge in [-0.1, -0.05) is 11.8 Å². The van der Waals surface area contributed by atoms with Crippen LogP contribution in [0.2, 0.25) is 0 Å². The molecule has 1 heterocycles. The van der Waals surface area contributed by atoms with Gasteiger partial charge in [-0.15, -0.1) is 0 Å². The number of thioether (sulfide) groups is 1. The number of aliphatic hydroxyl groups is 3. The van der Waals surface area contributed by atoms with E-state index in [0.29, 0.717) is 13.1 Å². The Morgan fingerprint density at radius 2 is 1.94 bits per heavy atom. The minimum Gasteiger partial charge on any atom is -0.394 e. The Balaban J connectivity index is 2.38. The van der Waals surface area contributed by atoms with E-state index in [1.165, 1.54) is 11.8 Å². The zero-order chi connectivity index (χ0) is 13.6. The summed E-state index contributed by atoms with van der Waals surface area (Å²) in [6, 6.07) is 0. The van der Waals surface area contributed by atoms with Crippen LogP contribution in [0.4, 0.5) is 4.79 Å². The van der Waals surface area contributed by atoms with Crippen molar-refractivity contribution in [3.63, 3.8) is 0 Å². The van der Waals surface area contributed by atoms with E-state index in [4.69, 9.17) is 15.3 Å². The zero-order valence-corrected chi connectivity index (χ0v) is 10.8. The quantitative estimate of drug-likeness (QED) is 0.445. The van der Waals surface area contributed by atoms with Gasteiger partial charge in [-0.2, -0.15) is 0 Å². The van der Waals surface area contributed by atoms with Crippen molar-refractivity contribution in [2.45, 2.75) is 12.0 Å². The van der Waals surface area contributed by atoms with Crippen LogP contribution in [0, 0.1) is 0 Å². The minimum atomic E-state index is -1.40. The maximum Gasteiger partial charge on any atom is 0.281 e. The van der Waals surface area contributed by atoms with Crippen molar-refractivity contribution >= 4 is 22.9 Å². The van der Waals surface area contributed by atoms with Crippen LogP contribution in [0.1, 0.15) is 6.42 Å². The zero-order valence-electron chi connectivity index (χ0n) is 9.96. The minimum absolute atomic E-state index is 0.0412. The van der Waals surface area contributed by atoms with Crippen molar-refractivity contribution in [2.75, 3.05) is 38.7 Å². The highest BCUT2D eigenvalue weighted by Gasteiger charge is 2.30. The monoisotopic (exact) mass is 278 g/mol. The molecule has 1 fully saturated rings. The summed E-state index contributed by atoms with van der Waals surface area (Å²) >= 11 is 1.22. The molecule has 0 spiro atoms. The summed E-state index contributed by atoms with van der Waals surface area (Å²) in [6.45, 7) is -0.726. The summed E-state index contributed by atoms with van der Waals surface area (Å²) in [6.07, 6.45) is 0.0774. The van der Waals surface area contributed by atoms with Crippen molar-refractivity contribution in [2.24, 2.45) is 0 Å². The Morgan fingerprint density at radius 3 is 2.39 bits per heavy atom. The van der Waals surface area contributed by atoms with Crippen LogP contribution in [0.15, 0.2) is 0 Å².